The molecule has 0 aromatic carbocycles. The Kier molecular flexibility index (Phi) is 2.86. The van der Waals surface area contributed by atoms with Crippen LogP contribution >= 0.6 is 0 Å². The lowest BCUT2D eigenvalue weighted by Crippen LogP contribution is -2.47. The third-order valence-electron chi connectivity index (χ3n) is 3.75. The quantitative estimate of drug-likeness (QED) is 0.742. The van der Waals surface area contributed by atoms with Crippen molar-refractivity contribution in [3.63, 3.8) is 0 Å². The Balaban J connectivity index is 2.04. The van der Waals surface area contributed by atoms with E-state index in [0.29, 0.717) is 25.9 Å². The predicted octanol–water partition coefficient (Wildman–Crippen LogP) is 1.13. The fourth-order valence-corrected chi connectivity index (χ4v) is 2.89. The number of nitrogens with zero attached hydrogens (tertiary/aromatic N) is 1. The number of hydrogen-bond acceptors (Lipinski definition) is 2. The topological polar surface area (TPSA) is 46.3 Å². The lowest BCUT2D eigenvalue weighted by atomic mass is 9.88. The SMILES string of the molecule is NC(=O)C1CCC2C(C(F)(F)F)CCN2C1. The first-order chi connectivity index (χ1) is 7.39. The summed E-state index contributed by atoms with van der Waals surface area (Å²) >= 11 is 0. The molecule has 0 saturated carbocycles. The normalized spacial score (nSPS) is 36.1. The number of rotatable bonds is 1. The van der Waals surface area contributed by atoms with Crippen molar-refractivity contribution in [3.05, 3.63) is 0 Å². The van der Waals surface area contributed by atoms with Crippen LogP contribution in [0.1, 0.15) is 19.3 Å². The number of alkyl halides is 3. The molecule has 3 atom stereocenters. The van der Waals surface area contributed by atoms with Gasteiger partial charge < -0.3 is 5.73 Å². The molecule has 0 aromatic heterocycles. The first kappa shape index (κ1) is 11.7. The minimum atomic E-state index is -4.11. The summed E-state index contributed by atoms with van der Waals surface area (Å²) in [6.45, 7) is 0.825. The van der Waals surface area contributed by atoms with E-state index in [2.05, 4.69) is 0 Å². The summed E-state index contributed by atoms with van der Waals surface area (Å²) in [5.41, 5.74) is 5.18. The molecule has 1 amide bonds. The molecule has 3 nitrogen and oxygen atoms in total. The first-order valence-corrected chi connectivity index (χ1v) is 5.49. The Morgan fingerprint density at radius 3 is 2.50 bits per heavy atom. The van der Waals surface area contributed by atoms with Gasteiger partial charge in [-0.3, -0.25) is 9.69 Å². The van der Waals surface area contributed by atoms with Crippen molar-refractivity contribution >= 4 is 5.91 Å². The molecule has 0 aliphatic carbocycles. The molecule has 2 saturated heterocycles. The maximum atomic E-state index is 12.7. The zero-order valence-corrected chi connectivity index (χ0v) is 8.83. The van der Waals surface area contributed by atoms with E-state index < -0.39 is 24.0 Å². The molecule has 16 heavy (non-hydrogen) atoms. The number of carbonyl (C=O) groups excluding carboxylic acids is 1. The summed E-state index contributed by atoms with van der Waals surface area (Å²) in [7, 11) is 0. The van der Waals surface area contributed by atoms with Crippen LogP contribution in [0.4, 0.5) is 13.2 Å². The van der Waals surface area contributed by atoms with E-state index in [4.69, 9.17) is 5.73 Å². The number of carbonyl (C=O) groups is 1. The maximum absolute atomic E-state index is 12.7. The molecule has 2 N–H and O–H groups in total. The van der Waals surface area contributed by atoms with Crippen molar-refractivity contribution < 1.29 is 18.0 Å². The lowest BCUT2D eigenvalue weighted by Gasteiger charge is -2.36. The number of amides is 1. The number of hydrogen-bond donors (Lipinski definition) is 1. The van der Waals surface area contributed by atoms with Crippen LogP contribution in [0.15, 0.2) is 0 Å². The summed E-state index contributed by atoms with van der Waals surface area (Å²) in [6, 6.07) is -0.435. The highest BCUT2D eigenvalue weighted by atomic mass is 19.4. The summed E-state index contributed by atoms with van der Waals surface area (Å²) < 4.78 is 38.0. The van der Waals surface area contributed by atoms with Crippen molar-refractivity contribution in [1.29, 1.82) is 0 Å². The Morgan fingerprint density at radius 2 is 1.94 bits per heavy atom. The fourth-order valence-electron chi connectivity index (χ4n) is 2.89. The number of piperidine rings is 1. The van der Waals surface area contributed by atoms with Crippen LogP contribution in [0.2, 0.25) is 0 Å². The van der Waals surface area contributed by atoms with Gasteiger partial charge in [0.25, 0.3) is 0 Å². The van der Waals surface area contributed by atoms with Crippen molar-refractivity contribution in [1.82, 2.24) is 4.90 Å². The average molecular weight is 236 g/mol. The highest BCUT2D eigenvalue weighted by molar-refractivity contribution is 5.77. The van der Waals surface area contributed by atoms with Gasteiger partial charge >= 0.3 is 6.18 Å². The van der Waals surface area contributed by atoms with Crippen LogP contribution in [0, 0.1) is 11.8 Å². The lowest BCUT2D eigenvalue weighted by molar-refractivity contribution is -0.182. The molecule has 0 bridgehead atoms. The Morgan fingerprint density at radius 1 is 1.25 bits per heavy atom. The van der Waals surface area contributed by atoms with E-state index in [-0.39, 0.29) is 12.3 Å². The van der Waals surface area contributed by atoms with Crippen molar-refractivity contribution in [2.75, 3.05) is 13.1 Å². The van der Waals surface area contributed by atoms with Gasteiger partial charge in [0.05, 0.1) is 11.8 Å². The smallest absolute Gasteiger partial charge is 0.369 e. The molecule has 0 spiro atoms. The third-order valence-corrected chi connectivity index (χ3v) is 3.75. The molecule has 3 unspecified atom stereocenters. The number of primary amides is 1. The van der Waals surface area contributed by atoms with Gasteiger partial charge in [-0.05, 0) is 25.8 Å². The van der Waals surface area contributed by atoms with Gasteiger partial charge in [0.1, 0.15) is 0 Å². The van der Waals surface area contributed by atoms with Crippen molar-refractivity contribution in [2.45, 2.75) is 31.5 Å². The predicted molar refractivity (Wildman–Crippen MR) is 51.4 cm³/mol. The van der Waals surface area contributed by atoms with Gasteiger partial charge in [-0.1, -0.05) is 0 Å². The molecule has 2 aliphatic heterocycles. The zero-order valence-electron chi connectivity index (χ0n) is 8.83. The maximum Gasteiger partial charge on any atom is 0.393 e. The Labute approximate surface area is 91.8 Å². The van der Waals surface area contributed by atoms with Gasteiger partial charge in [-0.15, -0.1) is 0 Å². The van der Waals surface area contributed by atoms with Gasteiger partial charge in [-0.2, -0.15) is 13.2 Å². The first-order valence-electron chi connectivity index (χ1n) is 5.49. The molecule has 2 fully saturated rings. The summed E-state index contributed by atoms with van der Waals surface area (Å²) in [5.74, 6) is -1.89. The second-order valence-corrected chi connectivity index (χ2v) is 4.68. The van der Waals surface area contributed by atoms with Gasteiger partial charge in [-0.25, -0.2) is 0 Å². The Bertz CT molecular complexity index is 292. The number of halogens is 3. The van der Waals surface area contributed by atoms with E-state index in [9.17, 15) is 18.0 Å². The molecule has 92 valence electrons. The molecular weight excluding hydrogens is 221 g/mol. The summed E-state index contributed by atoms with van der Waals surface area (Å²) in [6.07, 6.45) is -3.04. The van der Waals surface area contributed by atoms with E-state index in [1.807, 2.05) is 0 Å². The second-order valence-electron chi connectivity index (χ2n) is 4.68. The molecule has 0 radical (unpaired) electrons. The minimum Gasteiger partial charge on any atom is -0.369 e. The third kappa shape index (κ3) is 2.03. The molecule has 2 rings (SSSR count). The van der Waals surface area contributed by atoms with E-state index in [1.165, 1.54) is 0 Å². The van der Waals surface area contributed by atoms with Crippen LogP contribution in [0.3, 0.4) is 0 Å². The van der Waals surface area contributed by atoms with Gasteiger partial charge in [0.2, 0.25) is 5.91 Å². The molecular formula is C10H15F3N2O. The molecule has 0 aromatic rings. The second kappa shape index (κ2) is 3.91. The molecule has 2 aliphatic rings. The highest BCUT2D eigenvalue weighted by Gasteiger charge is 2.51. The van der Waals surface area contributed by atoms with Crippen molar-refractivity contribution in [2.24, 2.45) is 17.6 Å². The minimum absolute atomic E-state index is 0.152. The van der Waals surface area contributed by atoms with Crippen LogP contribution in [-0.2, 0) is 4.79 Å². The summed E-state index contributed by atoms with van der Waals surface area (Å²) in [5, 5.41) is 0. The average Bonchev–Trinajstić information content (AvgIpc) is 2.58. The van der Waals surface area contributed by atoms with E-state index in [1.54, 1.807) is 4.90 Å². The van der Waals surface area contributed by atoms with E-state index >= 15 is 0 Å². The van der Waals surface area contributed by atoms with E-state index in [0.717, 1.165) is 0 Å². The number of fused-ring (bicyclic) bond motifs is 1. The fraction of sp³-hybridized carbons (Fsp3) is 0.900. The Hall–Kier alpha value is -0.780. The molecule has 2 heterocycles. The standard InChI is InChI=1S/C10H15F3N2O/c11-10(12,13)7-3-4-15-5-6(9(14)16)1-2-8(7)15/h6-8H,1-5H2,(H2,14,16). The number of nitrogens with two attached hydrogens (primary N) is 1. The van der Waals surface area contributed by atoms with Crippen LogP contribution in [0.5, 0.6) is 0 Å². The van der Waals surface area contributed by atoms with Gasteiger partial charge in [0, 0.05) is 12.6 Å². The van der Waals surface area contributed by atoms with Crippen molar-refractivity contribution in [3.8, 4) is 0 Å². The molecule has 6 heteroatoms. The van der Waals surface area contributed by atoms with Crippen LogP contribution in [-0.4, -0.2) is 36.1 Å². The largest absolute Gasteiger partial charge is 0.393 e. The van der Waals surface area contributed by atoms with Crippen LogP contribution in [0.25, 0.3) is 0 Å². The van der Waals surface area contributed by atoms with Crippen LogP contribution < -0.4 is 5.73 Å². The highest BCUT2D eigenvalue weighted by Crippen LogP contribution is 2.42. The van der Waals surface area contributed by atoms with Gasteiger partial charge in [0.15, 0.2) is 0 Å². The monoisotopic (exact) mass is 236 g/mol. The zero-order chi connectivity index (χ0) is 11.9. The summed E-state index contributed by atoms with van der Waals surface area (Å²) in [4.78, 5) is 12.8.